The van der Waals surface area contributed by atoms with Crippen LogP contribution in [0.1, 0.15) is 21.6 Å². The second-order valence-corrected chi connectivity index (χ2v) is 5.30. The molecule has 0 fully saturated rings. The first-order valence-electron chi connectivity index (χ1n) is 6.99. The van der Waals surface area contributed by atoms with E-state index in [-0.39, 0.29) is 17.3 Å². The zero-order valence-electron chi connectivity index (χ0n) is 12.4. The average molecular weight is 314 g/mol. The first-order chi connectivity index (χ1) is 11.0. The summed E-state index contributed by atoms with van der Waals surface area (Å²) in [6.07, 6.45) is 3.11. The quantitative estimate of drug-likeness (QED) is 0.728. The predicted octanol–water partition coefficient (Wildman–Crippen LogP) is 2.66. The van der Waals surface area contributed by atoms with Crippen LogP contribution in [0, 0.1) is 5.82 Å². The minimum Gasteiger partial charge on any atom is -0.503 e. The first kappa shape index (κ1) is 14.9. The van der Waals surface area contributed by atoms with Gasteiger partial charge in [-0.3, -0.25) is 4.79 Å². The monoisotopic (exact) mass is 314 g/mol. The standard InChI is InChI=1S/C17H15FN2O3/c1-19-10-13(16(22)17(19)23)15(21)14-3-2-8-20(14)9-11-4-6-12(18)7-5-11/h2-8,10,22-23H,9H2,1H3. The molecule has 0 bridgehead atoms. The maximum Gasteiger partial charge on any atom is 0.235 e. The minimum atomic E-state index is -0.438. The number of nitrogens with zero attached hydrogens (tertiary/aromatic N) is 2. The van der Waals surface area contributed by atoms with E-state index >= 15 is 0 Å². The fraction of sp³-hybridized carbons (Fsp3) is 0.118. The van der Waals surface area contributed by atoms with Gasteiger partial charge in [0.2, 0.25) is 11.7 Å². The molecule has 0 saturated heterocycles. The van der Waals surface area contributed by atoms with Crippen molar-refractivity contribution in [2.24, 2.45) is 7.05 Å². The van der Waals surface area contributed by atoms with Gasteiger partial charge in [0.1, 0.15) is 5.82 Å². The van der Waals surface area contributed by atoms with E-state index in [1.54, 1.807) is 35.0 Å². The molecule has 3 aromatic rings. The van der Waals surface area contributed by atoms with Crippen LogP contribution in [0.2, 0.25) is 0 Å². The average Bonchev–Trinajstić information content (AvgIpc) is 3.09. The Labute approximate surface area is 131 Å². The number of rotatable bonds is 4. The first-order valence-corrected chi connectivity index (χ1v) is 6.99. The number of hydrogen-bond acceptors (Lipinski definition) is 3. The summed E-state index contributed by atoms with van der Waals surface area (Å²) in [6.45, 7) is 0.397. The molecule has 3 rings (SSSR count). The number of benzene rings is 1. The Morgan fingerprint density at radius 1 is 1.17 bits per heavy atom. The summed E-state index contributed by atoms with van der Waals surface area (Å²) in [5.41, 5.74) is 1.25. The molecule has 0 spiro atoms. The van der Waals surface area contributed by atoms with Crippen LogP contribution < -0.4 is 0 Å². The van der Waals surface area contributed by atoms with E-state index in [4.69, 9.17) is 0 Å². The molecule has 5 nitrogen and oxygen atoms in total. The van der Waals surface area contributed by atoms with E-state index in [0.717, 1.165) is 5.56 Å². The van der Waals surface area contributed by atoms with Crippen molar-refractivity contribution in [2.45, 2.75) is 6.54 Å². The van der Waals surface area contributed by atoms with Crippen LogP contribution in [0.3, 0.4) is 0 Å². The van der Waals surface area contributed by atoms with Crippen molar-refractivity contribution < 1.29 is 19.4 Å². The second kappa shape index (κ2) is 5.64. The normalized spacial score (nSPS) is 10.9. The highest BCUT2D eigenvalue weighted by molar-refractivity contribution is 6.10. The van der Waals surface area contributed by atoms with E-state index in [0.29, 0.717) is 12.2 Å². The molecule has 118 valence electrons. The molecule has 0 aliphatic carbocycles. The number of halogens is 1. The fourth-order valence-corrected chi connectivity index (χ4v) is 2.45. The molecule has 2 aromatic heterocycles. The topological polar surface area (TPSA) is 67.4 Å². The van der Waals surface area contributed by atoms with Crippen LogP contribution >= 0.6 is 0 Å². The molecular formula is C17H15FN2O3. The summed E-state index contributed by atoms with van der Waals surface area (Å²) in [4.78, 5) is 12.6. The molecule has 0 atom stereocenters. The summed E-state index contributed by atoms with van der Waals surface area (Å²) >= 11 is 0. The van der Waals surface area contributed by atoms with Gasteiger partial charge in [-0.05, 0) is 29.8 Å². The van der Waals surface area contributed by atoms with Crippen molar-refractivity contribution in [3.05, 3.63) is 71.4 Å². The maximum atomic E-state index is 13.0. The Morgan fingerprint density at radius 2 is 1.87 bits per heavy atom. The molecule has 0 saturated carbocycles. The third-order valence-electron chi connectivity index (χ3n) is 3.70. The number of hydrogen-bond donors (Lipinski definition) is 2. The van der Waals surface area contributed by atoms with Gasteiger partial charge in [0.25, 0.3) is 0 Å². The lowest BCUT2D eigenvalue weighted by Crippen LogP contribution is -2.10. The van der Waals surface area contributed by atoms with Crippen LogP contribution in [0.4, 0.5) is 4.39 Å². The summed E-state index contributed by atoms with van der Waals surface area (Å²) in [7, 11) is 1.53. The van der Waals surface area contributed by atoms with Crippen LogP contribution in [0.15, 0.2) is 48.8 Å². The van der Waals surface area contributed by atoms with Gasteiger partial charge < -0.3 is 19.3 Å². The summed E-state index contributed by atoms with van der Waals surface area (Å²) in [6, 6.07) is 9.37. The Hall–Kier alpha value is -3.02. The van der Waals surface area contributed by atoms with Gasteiger partial charge in [0.05, 0.1) is 11.3 Å². The zero-order valence-corrected chi connectivity index (χ0v) is 12.4. The molecule has 1 aromatic carbocycles. The van der Waals surface area contributed by atoms with Gasteiger partial charge in [-0.15, -0.1) is 0 Å². The lowest BCUT2D eigenvalue weighted by molar-refractivity contribution is 0.102. The molecule has 6 heteroatoms. The number of aromatic nitrogens is 2. The van der Waals surface area contributed by atoms with Crippen molar-refractivity contribution in [2.75, 3.05) is 0 Å². The Balaban J connectivity index is 1.92. The van der Waals surface area contributed by atoms with Gasteiger partial charge in [-0.2, -0.15) is 0 Å². The van der Waals surface area contributed by atoms with E-state index in [2.05, 4.69) is 0 Å². The van der Waals surface area contributed by atoms with E-state index in [1.165, 1.54) is 29.9 Å². The largest absolute Gasteiger partial charge is 0.503 e. The van der Waals surface area contributed by atoms with Crippen molar-refractivity contribution in [3.8, 4) is 11.6 Å². The van der Waals surface area contributed by atoms with Crippen molar-refractivity contribution in [3.63, 3.8) is 0 Å². The van der Waals surface area contributed by atoms with Crippen LogP contribution in [0.5, 0.6) is 11.6 Å². The van der Waals surface area contributed by atoms with Gasteiger partial charge >= 0.3 is 0 Å². The number of carbonyl (C=O) groups excluding carboxylic acids is 1. The molecule has 23 heavy (non-hydrogen) atoms. The zero-order chi connectivity index (χ0) is 16.6. The lowest BCUT2D eigenvalue weighted by atomic mass is 10.1. The molecule has 0 amide bonds. The van der Waals surface area contributed by atoms with Gasteiger partial charge in [0, 0.05) is 26.0 Å². The third kappa shape index (κ3) is 2.70. The number of aromatic hydroxyl groups is 2. The highest BCUT2D eigenvalue weighted by Gasteiger charge is 2.22. The SMILES string of the molecule is Cn1cc(C(=O)c2cccn2Cc2ccc(F)cc2)c(O)c1O. The van der Waals surface area contributed by atoms with Crippen LogP contribution in [0.25, 0.3) is 0 Å². The van der Waals surface area contributed by atoms with Crippen LogP contribution in [-0.4, -0.2) is 25.1 Å². The van der Waals surface area contributed by atoms with Crippen molar-refractivity contribution >= 4 is 5.78 Å². The van der Waals surface area contributed by atoms with E-state index in [9.17, 15) is 19.4 Å². The minimum absolute atomic E-state index is 0.0315. The van der Waals surface area contributed by atoms with E-state index < -0.39 is 11.5 Å². The van der Waals surface area contributed by atoms with Crippen molar-refractivity contribution in [1.29, 1.82) is 0 Å². The molecule has 0 unspecified atom stereocenters. The van der Waals surface area contributed by atoms with Gasteiger partial charge in [-0.25, -0.2) is 4.39 Å². The number of carbonyl (C=O) groups is 1. The van der Waals surface area contributed by atoms with Crippen molar-refractivity contribution in [1.82, 2.24) is 9.13 Å². The number of ketones is 1. The third-order valence-corrected chi connectivity index (χ3v) is 3.70. The Bertz CT molecular complexity index is 863. The van der Waals surface area contributed by atoms with Crippen LogP contribution in [-0.2, 0) is 13.6 Å². The molecule has 0 aliphatic rings. The Morgan fingerprint density at radius 3 is 2.48 bits per heavy atom. The van der Waals surface area contributed by atoms with E-state index in [1.807, 2.05) is 0 Å². The molecule has 0 aliphatic heterocycles. The second-order valence-electron chi connectivity index (χ2n) is 5.30. The molecule has 0 radical (unpaired) electrons. The Kier molecular flexibility index (Phi) is 3.65. The molecule has 2 heterocycles. The predicted molar refractivity (Wildman–Crippen MR) is 82.1 cm³/mol. The lowest BCUT2D eigenvalue weighted by Gasteiger charge is -2.08. The summed E-state index contributed by atoms with van der Waals surface area (Å²) in [5.74, 6) is -1.51. The number of aryl methyl sites for hydroxylation is 1. The summed E-state index contributed by atoms with van der Waals surface area (Å²) < 4.78 is 15.9. The molecule has 2 N–H and O–H groups in total. The highest BCUT2D eigenvalue weighted by atomic mass is 19.1. The van der Waals surface area contributed by atoms with Gasteiger partial charge in [-0.1, -0.05) is 12.1 Å². The highest BCUT2D eigenvalue weighted by Crippen LogP contribution is 2.31. The smallest absolute Gasteiger partial charge is 0.235 e. The maximum absolute atomic E-state index is 13.0. The van der Waals surface area contributed by atoms with Gasteiger partial charge in [0.15, 0.2) is 5.75 Å². The molecular weight excluding hydrogens is 299 g/mol. The summed E-state index contributed by atoms with van der Waals surface area (Å²) in [5, 5.41) is 19.5. The fourth-order valence-electron chi connectivity index (χ4n) is 2.45.